The maximum atomic E-state index is 13.1. The summed E-state index contributed by atoms with van der Waals surface area (Å²) in [6.07, 6.45) is 0. The average molecular weight is 238 g/mol. The number of benzene rings is 1. The van der Waals surface area contributed by atoms with Crippen molar-refractivity contribution in [2.24, 2.45) is 11.1 Å². The summed E-state index contributed by atoms with van der Waals surface area (Å²) in [7, 11) is 2.07. The molecule has 1 aromatic rings. The second-order valence-electron chi connectivity index (χ2n) is 5.62. The first-order valence-electron chi connectivity index (χ1n) is 5.98. The van der Waals surface area contributed by atoms with Gasteiger partial charge >= 0.3 is 0 Å². The van der Waals surface area contributed by atoms with Gasteiger partial charge in [0.25, 0.3) is 0 Å². The van der Waals surface area contributed by atoms with Gasteiger partial charge in [0, 0.05) is 13.1 Å². The van der Waals surface area contributed by atoms with Crippen molar-refractivity contribution in [3.05, 3.63) is 35.1 Å². The number of hydrogen-bond acceptors (Lipinski definition) is 2. The highest BCUT2D eigenvalue weighted by atomic mass is 19.1. The topological polar surface area (TPSA) is 29.3 Å². The molecular weight excluding hydrogens is 215 g/mol. The lowest BCUT2D eigenvalue weighted by molar-refractivity contribution is 0.210. The third-order valence-electron chi connectivity index (χ3n) is 2.93. The predicted molar refractivity (Wildman–Crippen MR) is 70.3 cm³/mol. The summed E-state index contributed by atoms with van der Waals surface area (Å²) < 4.78 is 13.1. The van der Waals surface area contributed by atoms with Crippen molar-refractivity contribution in [3.8, 4) is 0 Å². The van der Waals surface area contributed by atoms with Gasteiger partial charge in [-0.25, -0.2) is 4.39 Å². The molecule has 2 nitrogen and oxygen atoms in total. The summed E-state index contributed by atoms with van der Waals surface area (Å²) >= 11 is 0. The number of nitrogens with two attached hydrogens (primary N) is 1. The van der Waals surface area contributed by atoms with E-state index in [1.165, 1.54) is 6.07 Å². The molecule has 0 aliphatic carbocycles. The summed E-state index contributed by atoms with van der Waals surface area (Å²) in [6, 6.07) is 5.28. The molecule has 0 saturated heterocycles. The van der Waals surface area contributed by atoms with Gasteiger partial charge in [-0.15, -0.1) is 0 Å². The molecule has 0 radical (unpaired) electrons. The molecule has 0 spiro atoms. The molecule has 0 aliphatic rings. The van der Waals surface area contributed by atoms with Crippen LogP contribution in [0.1, 0.15) is 25.0 Å². The molecule has 0 atom stereocenters. The van der Waals surface area contributed by atoms with Crippen LogP contribution < -0.4 is 5.73 Å². The summed E-state index contributed by atoms with van der Waals surface area (Å²) in [5.74, 6) is -0.140. The van der Waals surface area contributed by atoms with Crippen LogP contribution in [0.25, 0.3) is 0 Å². The number of nitrogens with zero attached hydrogens (tertiary/aromatic N) is 1. The Morgan fingerprint density at radius 3 is 2.53 bits per heavy atom. The Morgan fingerprint density at radius 2 is 2.00 bits per heavy atom. The molecular formula is C14H23FN2. The fourth-order valence-corrected chi connectivity index (χ4v) is 1.97. The molecule has 2 N–H and O–H groups in total. The lowest BCUT2D eigenvalue weighted by Crippen LogP contribution is -2.36. The minimum Gasteiger partial charge on any atom is -0.330 e. The minimum atomic E-state index is -0.140. The van der Waals surface area contributed by atoms with E-state index in [9.17, 15) is 4.39 Å². The van der Waals surface area contributed by atoms with Gasteiger partial charge in [-0.1, -0.05) is 26.0 Å². The van der Waals surface area contributed by atoms with E-state index in [1.807, 2.05) is 12.1 Å². The Hall–Kier alpha value is -0.930. The van der Waals surface area contributed by atoms with Crippen molar-refractivity contribution in [1.82, 2.24) is 4.90 Å². The van der Waals surface area contributed by atoms with Crippen LogP contribution in [-0.2, 0) is 6.54 Å². The first-order chi connectivity index (χ1) is 7.84. The number of rotatable bonds is 5. The van der Waals surface area contributed by atoms with Gasteiger partial charge in [-0.2, -0.15) is 0 Å². The van der Waals surface area contributed by atoms with Crippen LogP contribution in [0.2, 0.25) is 0 Å². The SMILES string of the molecule is Cc1cc(CN(C)CC(C)(C)CN)ccc1F. The van der Waals surface area contributed by atoms with Crippen LogP contribution in [0.15, 0.2) is 18.2 Å². The smallest absolute Gasteiger partial charge is 0.126 e. The number of aryl methyl sites for hydroxylation is 1. The van der Waals surface area contributed by atoms with Crippen LogP contribution in [0.5, 0.6) is 0 Å². The van der Waals surface area contributed by atoms with Crippen LogP contribution in [0.4, 0.5) is 4.39 Å². The number of halogens is 1. The molecule has 0 fully saturated rings. The van der Waals surface area contributed by atoms with Crippen LogP contribution in [-0.4, -0.2) is 25.0 Å². The highest BCUT2D eigenvalue weighted by Crippen LogP contribution is 2.16. The van der Waals surface area contributed by atoms with Gasteiger partial charge in [-0.3, -0.25) is 0 Å². The van der Waals surface area contributed by atoms with Gasteiger partial charge in [0.15, 0.2) is 0 Å². The van der Waals surface area contributed by atoms with Crippen molar-refractivity contribution in [3.63, 3.8) is 0 Å². The highest BCUT2D eigenvalue weighted by molar-refractivity contribution is 5.23. The normalized spacial score (nSPS) is 12.2. The van der Waals surface area contributed by atoms with Crippen molar-refractivity contribution in [2.75, 3.05) is 20.1 Å². The van der Waals surface area contributed by atoms with E-state index in [0.29, 0.717) is 12.1 Å². The van der Waals surface area contributed by atoms with Gasteiger partial charge in [0.05, 0.1) is 0 Å². The van der Waals surface area contributed by atoms with Crippen molar-refractivity contribution >= 4 is 0 Å². The zero-order chi connectivity index (χ0) is 13.1. The standard InChI is InChI=1S/C14H23FN2/c1-11-7-12(5-6-13(11)15)8-17(4)10-14(2,3)9-16/h5-7H,8-10,16H2,1-4H3. The van der Waals surface area contributed by atoms with E-state index in [4.69, 9.17) is 5.73 Å². The third-order valence-corrected chi connectivity index (χ3v) is 2.93. The van der Waals surface area contributed by atoms with Crippen LogP contribution in [0, 0.1) is 18.2 Å². The summed E-state index contributed by atoms with van der Waals surface area (Å²) in [5.41, 5.74) is 7.67. The largest absolute Gasteiger partial charge is 0.330 e. The molecule has 0 aromatic heterocycles. The quantitative estimate of drug-likeness (QED) is 0.854. The third kappa shape index (κ3) is 4.44. The van der Waals surface area contributed by atoms with E-state index in [1.54, 1.807) is 6.92 Å². The molecule has 3 heteroatoms. The average Bonchev–Trinajstić information content (AvgIpc) is 2.23. The molecule has 0 amide bonds. The van der Waals surface area contributed by atoms with Gasteiger partial charge in [0.2, 0.25) is 0 Å². The molecule has 0 unspecified atom stereocenters. The number of hydrogen-bond donors (Lipinski definition) is 1. The zero-order valence-electron chi connectivity index (χ0n) is 11.3. The Kier molecular flexibility index (Phi) is 4.66. The van der Waals surface area contributed by atoms with E-state index in [2.05, 4.69) is 25.8 Å². The summed E-state index contributed by atoms with van der Waals surface area (Å²) in [6.45, 7) is 8.52. The van der Waals surface area contributed by atoms with Gasteiger partial charge in [-0.05, 0) is 43.1 Å². The monoisotopic (exact) mass is 238 g/mol. The second kappa shape index (κ2) is 5.61. The predicted octanol–water partition coefficient (Wildman–Crippen LogP) is 2.55. The lowest BCUT2D eigenvalue weighted by Gasteiger charge is -2.29. The first-order valence-corrected chi connectivity index (χ1v) is 5.98. The van der Waals surface area contributed by atoms with Crippen LogP contribution in [0.3, 0.4) is 0 Å². The minimum absolute atomic E-state index is 0.115. The fraction of sp³-hybridized carbons (Fsp3) is 0.571. The van der Waals surface area contributed by atoms with E-state index < -0.39 is 0 Å². The van der Waals surface area contributed by atoms with E-state index in [0.717, 1.165) is 18.7 Å². The van der Waals surface area contributed by atoms with Crippen molar-refractivity contribution in [1.29, 1.82) is 0 Å². The molecule has 1 aromatic carbocycles. The molecule has 0 aliphatic heterocycles. The molecule has 1 rings (SSSR count). The summed E-state index contributed by atoms with van der Waals surface area (Å²) in [4.78, 5) is 2.22. The Bertz CT molecular complexity index is 374. The molecule has 96 valence electrons. The summed E-state index contributed by atoms with van der Waals surface area (Å²) in [5, 5.41) is 0. The van der Waals surface area contributed by atoms with Gasteiger partial charge < -0.3 is 10.6 Å². The highest BCUT2D eigenvalue weighted by Gasteiger charge is 2.18. The van der Waals surface area contributed by atoms with Crippen molar-refractivity contribution < 1.29 is 4.39 Å². The first kappa shape index (κ1) is 14.1. The molecule has 17 heavy (non-hydrogen) atoms. The van der Waals surface area contributed by atoms with Crippen LogP contribution >= 0.6 is 0 Å². The Labute approximate surface area is 104 Å². The lowest BCUT2D eigenvalue weighted by atomic mass is 9.93. The Balaban J connectivity index is 2.62. The Morgan fingerprint density at radius 1 is 1.35 bits per heavy atom. The van der Waals surface area contributed by atoms with E-state index >= 15 is 0 Å². The molecule has 0 heterocycles. The second-order valence-corrected chi connectivity index (χ2v) is 5.62. The maximum Gasteiger partial charge on any atom is 0.126 e. The van der Waals surface area contributed by atoms with E-state index in [-0.39, 0.29) is 11.2 Å². The van der Waals surface area contributed by atoms with Crippen molar-refractivity contribution in [2.45, 2.75) is 27.3 Å². The maximum absolute atomic E-state index is 13.1. The fourth-order valence-electron chi connectivity index (χ4n) is 1.97. The van der Waals surface area contributed by atoms with Gasteiger partial charge in [0.1, 0.15) is 5.82 Å². The zero-order valence-corrected chi connectivity index (χ0v) is 11.3. The molecule has 0 saturated carbocycles. The molecule has 0 bridgehead atoms.